The quantitative estimate of drug-likeness (QED) is 0.722. The Balaban J connectivity index is 0. The number of carboxylic acids is 1. The summed E-state index contributed by atoms with van der Waals surface area (Å²) in [5, 5.41) is 8.38. The lowest BCUT2D eigenvalue weighted by Crippen LogP contribution is -1.93. The highest BCUT2D eigenvalue weighted by Crippen LogP contribution is 1.96. The minimum atomic E-state index is -0.879. The monoisotopic (exact) mass is 182 g/mol. The molecule has 0 aliphatic heterocycles. The van der Waals surface area contributed by atoms with Crippen molar-refractivity contribution in [3.8, 4) is 0 Å². The summed E-state index contributed by atoms with van der Waals surface area (Å²) < 4.78 is 0. The van der Waals surface area contributed by atoms with E-state index in [9.17, 15) is 4.79 Å². The van der Waals surface area contributed by atoms with Gasteiger partial charge in [-0.3, -0.25) is 0 Å². The molecular weight excluding hydrogens is 164 g/mol. The molecule has 0 atom stereocenters. The Kier molecular flexibility index (Phi) is 11.7. The number of carbonyl (C=O) groups is 1. The lowest BCUT2D eigenvalue weighted by molar-refractivity contribution is 0.0697. The smallest absolute Gasteiger partial charge is 0.335 e. The van der Waals surface area contributed by atoms with Crippen LogP contribution in [0.4, 0.5) is 0 Å². The molecule has 1 N–H and O–H groups in total. The van der Waals surface area contributed by atoms with Crippen molar-refractivity contribution in [3.63, 3.8) is 0 Å². The molecule has 0 saturated carbocycles. The summed E-state index contributed by atoms with van der Waals surface area (Å²) in [6.07, 6.45) is 0. The van der Waals surface area contributed by atoms with E-state index < -0.39 is 5.97 Å². The van der Waals surface area contributed by atoms with Gasteiger partial charge in [0.1, 0.15) is 0 Å². The van der Waals surface area contributed by atoms with Crippen LogP contribution in [-0.2, 0) is 0 Å². The van der Waals surface area contributed by atoms with Gasteiger partial charge in [0.15, 0.2) is 0 Å². The lowest BCUT2D eigenvalue weighted by atomic mass is 10.2. The van der Waals surface area contributed by atoms with Crippen LogP contribution in [0.3, 0.4) is 0 Å². The Labute approximate surface area is 80.2 Å². The second-order valence-corrected chi connectivity index (χ2v) is 1.67. The van der Waals surface area contributed by atoms with Gasteiger partial charge in [-0.25, -0.2) is 4.79 Å². The Morgan fingerprint density at radius 3 is 1.62 bits per heavy atom. The van der Waals surface area contributed by atoms with Crippen molar-refractivity contribution in [3.05, 3.63) is 35.9 Å². The molecule has 0 aliphatic rings. The average Bonchev–Trinajstić information content (AvgIpc) is 2.25. The minimum Gasteiger partial charge on any atom is -0.478 e. The number of hydrogen-bond acceptors (Lipinski definition) is 1. The predicted octanol–water partition coefficient (Wildman–Crippen LogP) is 3.44. The first kappa shape index (κ1) is 14.2. The van der Waals surface area contributed by atoms with E-state index in [1.165, 1.54) is 0 Å². The first-order chi connectivity index (χ1) is 6.30. The van der Waals surface area contributed by atoms with Gasteiger partial charge >= 0.3 is 5.97 Å². The fourth-order valence-electron chi connectivity index (χ4n) is 0.581. The highest BCUT2D eigenvalue weighted by atomic mass is 16.4. The molecule has 2 heteroatoms. The summed E-state index contributed by atoms with van der Waals surface area (Å²) in [6, 6.07) is 8.30. The first-order valence-corrected chi connectivity index (χ1v) is 4.59. The third-order valence-electron chi connectivity index (χ3n) is 1.02. The van der Waals surface area contributed by atoms with Gasteiger partial charge in [0.25, 0.3) is 0 Å². The highest BCUT2D eigenvalue weighted by Gasteiger charge is 1.96. The summed E-state index contributed by atoms with van der Waals surface area (Å²) in [5.74, 6) is -0.879. The number of benzene rings is 1. The van der Waals surface area contributed by atoms with Crippen molar-refractivity contribution in [2.45, 2.75) is 27.7 Å². The molecule has 2 nitrogen and oxygen atoms in total. The van der Waals surface area contributed by atoms with E-state index in [0.717, 1.165) is 0 Å². The third-order valence-corrected chi connectivity index (χ3v) is 1.02. The highest BCUT2D eigenvalue weighted by molar-refractivity contribution is 5.87. The van der Waals surface area contributed by atoms with E-state index in [-0.39, 0.29) is 0 Å². The standard InChI is InChI=1S/C7H6O2.2C2H6/c8-7(9)6-4-2-1-3-5-6;2*1-2/h1-5H,(H,8,9);2*1-2H3. The van der Waals surface area contributed by atoms with Crippen molar-refractivity contribution in [2.24, 2.45) is 0 Å². The van der Waals surface area contributed by atoms with Gasteiger partial charge in [-0.05, 0) is 12.1 Å². The van der Waals surface area contributed by atoms with Crippen molar-refractivity contribution < 1.29 is 9.90 Å². The van der Waals surface area contributed by atoms with Crippen molar-refractivity contribution in [2.75, 3.05) is 0 Å². The molecule has 13 heavy (non-hydrogen) atoms. The topological polar surface area (TPSA) is 37.3 Å². The fourth-order valence-corrected chi connectivity index (χ4v) is 0.581. The maximum atomic E-state index is 10.2. The third kappa shape index (κ3) is 7.06. The van der Waals surface area contributed by atoms with Gasteiger partial charge < -0.3 is 5.11 Å². The zero-order valence-corrected chi connectivity index (χ0v) is 8.74. The van der Waals surface area contributed by atoms with Crippen molar-refractivity contribution in [1.82, 2.24) is 0 Å². The Bertz CT molecular complexity index is 205. The van der Waals surface area contributed by atoms with Crippen LogP contribution < -0.4 is 0 Å². The number of carboxylic acid groups (broad SMARTS) is 1. The molecule has 0 radical (unpaired) electrons. The molecule has 74 valence electrons. The van der Waals surface area contributed by atoms with Gasteiger partial charge in [-0.1, -0.05) is 45.9 Å². The molecule has 0 aliphatic carbocycles. The van der Waals surface area contributed by atoms with Crippen LogP contribution in [0.15, 0.2) is 30.3 Å². The van der Waals surface area contributed by atoms with Crippen LogP contribution in [0.5, 0.6) is 0 Å². The van der Waals surface area contributed by atoms with Crippen LogP contribution in [0, 0.1) is 0 Å². The van der Waals surface area contributed by atoms with E-state index in [4.69, 9.17) is 5.11 Å². The van der Waals surface area contributed by atoms with Gasteiger partial charge in [0.2, 0.25) is 0 Å². The van der Waals surface area contributed by atoms with Gasteiger partial charge in [-0.2, -0.15) is 0 Å². The summed E-state index contributed by atoms with van der Waals surface area (Å²) in [4.78, 5) is 10.2. The molecular formula is C11H18O2. The largest absolute Gasteiger partial charge is 0.478 e. The minimum absolute atomic E-state index is 0.331. The molecule has 0 bridgehead atoms. The second-order valence-electron chi connectivity index (χ2n) is 1.67. The van der Waals surface area contributed by atoms with Crippen LogP contribution in [-0.4, -0.2) is 11.1 Å². The summed E-state index contributed by atoms with van der Waals surface area (Å²) in [5.41, 5.74) is 0.331. The molecule has 0 aromatic heterocycles. The van der Waals surface area contributed by atoms with E-state index in [1.807, 2.05) is 27.7 Å². The van der Waals surface area contributed by atoms with Crippen molar-refractivity contribution in [1.29, 1.82) is 0 Å². The fraction of sp³-hybridized carbons (Fsp3) is 0.364. The summed E-state index contributed by atoms with van der Waals surface area (Å²) >= 11 is 0. The molecule has 1 aromatic rings. The number of rotatable bonds is 1. The average molecular weight is 182 g/mol. The zero-order valence-electron chi connectivity index (χ0n) is 8.74. The first-order valence-electron chi connectivity index (χ1n) is 4.59. The maximum Gasteiger partial charge on any atom is 0.335 e. The van der Waals surface area contributed by atoms with Gasteiger partial charge in [-0.15, -0.1) is 0 Å². The summed E-state index contributed by atoms with van der Waals surface area (Å²) in [7, 11) is 0. The van der Waals surface area contributed by atoms with Crippen LogP contribution in [0.2, 0.25) is 0 Å². The summed E-state index contributed by atoms with van der Waals surface area (Å²) in [6.45, 7) is 8.00. The number of aromatic carboxylic acids is 1. The Hall–Kier alpha value is -1.31. The molecule has 1 aromatic carbocycles. The molecule has 0 spiro atoms. The van der Waals surface area contributed by atoms with Crippen LogP contribution in [0.1, 0.15) is 38.1 Å². The molecule has 0 unspecified atom stereocenters. The molecule has 0 fully saturated rings. The van der Waals surface area contributed by atoms with Gasteiger partial charge in [0, 0.05) is 0 Å². The van der Waals surface area contributed by atoms with E-state index >= 15 is 0 Å². The molecule has 0 saturated heterocycles. The molecule has 0 amide bonds. The lowest BCUT2D eigenvalue weighted by Gasteiger charge is -1.88. The predicted molar refractivity (Wildman–Crippen MR) is 56.1 cm³/mol. The molecule has 0 heterocycles. The number of hydrogen-bond donors (Lipinski definition) is 1. The normalized spacial score (nSPS) is 7.08. The van der Waals surface area contributed by atoms with E-state index in [2.05, 4.69) is 0 Å². The Morgan fingerprint density at radius 2 is 1.38 bits per heavy atom. The SMILES string of the molecule is CC.CC.O=C(O)c1ccccc1. The Morgan fingerprint density at radius 1 is 1.00 bits per heavy atom. The zero-order chi connectivity index (χ0) is 10.7. The van der Waals surface area contributed by atoms with E-state index in [0.29, 0.717) is 5.56 Å². The van der Waals surface area contributed by atoms with Gasteiger partial charge in [0.05, 0.1) is 5.56 Å². The second kappa shape index (κ2) is 10.7. The van der Waals surface area contributed by atoms with Crippen molar-refractivity contribution >= 4 is 5.97 Å². The van der Waals surface area contributed by atoms with E-state index in [1.54, 1.807) is 30.3 Å². The van der Waals surface area contributed by atoms with Crippen LogP contribution in [0.25, 0.3) is 0 Å². The molecule has 1 rings (SSSR count). The maximum absolute atomic E-state index is 10.2. The van der Waals surface area contributed by atoms with Crippen LogP contribution >= 0.6 is 0 Å².